The predicted octanol–water partition coefficient (Wildman–Crippen LogP) is 4.39. The SMILES string of the molecule is Clc1cccc(-c2nc(-c3cccc(CN4CCCC4)c3)n[nH]2)c1. The van der Waals surface area contributed by atoms with Gasteiger partial charge in [-0.3, -0.25) is 10.00 Å². The van der Waals surface area contributed by atoms with E-state index in [0.29, 0.717) is 10.8 Å². The van der Waals surface area contributed by atoms with Crippen molar-refractivity contribution < 1.29 is 0 Å². The minimum Gasteiger partial charge on any atom is -0.299 e. The summed E-state index contributed by atoms with van der Waals surface area (Å²) in [5.74, 6) is 1.45. The number of halogens is 1. The zero-order chi connectivity index (χ0) is 16.4. The smallest absolute Gasteiger partial charge is 0.181 e. The summed E-state index contributed by atoms with van der Waals surface area (Å²) in [4.78, 5) is 7.12. The van der Waals surface area contributed by atoms with E-state index in [9.17, 15) is 0 Å². The number of nitrogens with zero attached hydrogens (tertiary/aromatic N) is 3. The lowest BCUT2D eigenvalue weighted by molar-refractivity contribution is 0.331. The van der Waals surface area contributed by atoms with Gasteiger partial charge in [-0.25, -0.2) is 4.98 Å². The maximum atomic E-state index is 6.05. The molecular weight excluding hydrogens is 320 g/mol. The third-order valence-corrected chi connectivity index (χ3v) is 4.61. The molecule has 1 N–H and O–H groups in total. The van der Waals surface area contributed by atoms with Crippen molar-refractivity contribution >= 4 is 11.6 Å². The average molecular weight is 339 g/mol. The summed E-state index contributed by atoms with van der Waals surface area (Å²) in [5, 5.41) is 8.08. The zero-order valence-corrected chi connectivity index (χ0v) is 14.1. The summed E-state index contributed by atoms with van der Waals surface area (Å²) >= 11 is 6.05. The highest BCUT2D eigenvalue weighted by Gasteiger charge is 2.13. The second-order valence-corrected chi connectivity index (χ2v) is 6.64. The molecule has 1 saturated heterocycles. The molecule has 2 aromatic carbocycles. The largest absolute Gasteiger partial charge is 0.299 e. The van der Waals surface area contributed by atoms with E-state index in [4.69, 9.17) is 11.6 Å². The van der Waals surface area contributed by atoms with Gasteiger partial charge in [-0.15, -0.1) is 0 Å². The first-order valence-corrected chi connectivity index (χ1v) is 8.66. The Hall–Kier alpha value is -2.17. The highest BCUT2D eigenvalue weighted by Crippen LogP contribution is 2.23. The minimum absolute atomic E-state index is 0.693. The highest BCUT2D eigenvalue weighted by atomic mass is 35.5. The fourth-order valence-electron chi connectivity index (χ4n) is 3.16. The molecule has 0 unspecified atom stereocenters. The predicted molar refractivity (Wildman–Crippen MR) is 96.8 cm³/mol. The van der Waals surface area contributed by atoms with Gasteiger partial charge in [0.1, 0.15) is 0 Å². The highest BCUT2D eigenvalue weighted by molar-refractivity contribution is 6.30. The Labute approximate surface area is 146 Å². The number of aromatic amines is 1. The van der Waals surface area contributed by atoms with Crippen molar-refractivity contribution in [3.63, 3.8) is 0 Å². The van der Waals surface area contributed by atoms with Gasteiger partial charge < -0.3 is 0 Å². The number of H-pyrrole nitrogens is 1. The van der Waals surface area contributed by atoms with Crippen LogP contribution in [0.1, 0.15) is 18.4 Å². The van der Waals surface area contributed by atoms with Crippen LogP contribution in [0.15, 0.2) is 48.5 Å². The molecule has 24 heavy (non-hydrogen) atoms. The molecule has 1 aromatic heterocycles. The number of aromatic nitrogens is 3. The van der Waals surface area contributed by atoms with Gasteiger partial charge in [0.25, 0.3) is 0 Å². The summed E-state index contributed by atoms with van der Waals surface area (Å²) in [6.07, 6.45) is 2.62. The number of likely N-dealkylation sites (tertiary alicyclic amines) is 1. The Bertz CT molecular complexity index is 837. The van der Waals surface area contributed by atoms with E-state index in [2.05, 4.69) is 44.3 Å². The Morgan fingerprint density at radius 3 is 2.62 bits per heavy atom. The molecule has 0 saturated carbocycles. The number of benzene rings is 2. The van der Waals surface area contributed by atoms with Gasteiger partial charge in [-0.05, 0) is 49.7 Å². The van der Waals surface area contributed by atoms with Crippen molar-refractivity contribution in [1.82, 2.24) is 20.1 Å². The van der Waals surface area contributed by atoms with Crippen molar-refractivity contribution in [1.29, 1.82) is 0 Å². The first kappa shape index (κ1) is 15.4. The van der Waals surface area contributed by atoms with Crippen LogP contribution in [0.2, 0.25) is 5.02 Å². The molecule has 0 atom stereocenters. The van der Waals surface area contributed by atoms with Crippen LogP contribution in [0, 0.1) is 0 Å². The number of nitrogens with one attached hydrogen (secondary N) is 1. The molecule has 1 aliphatic rings. The Kier molecular flexibility index (Phi) is 4.32. The van der Waals surface area contributed by atoms with Gasteiger partial charge in [0.15, 0.2) is 11.6 Å². The van der Waals surface area contributed by atoms with Crippen LogP contribution in [-0.4, -0.2) is 33.2 Å². The lowest BCUT2D eigenvalue weighted by Gasteiger charge is -2.14. The van der Waals surface area contributed by atoms with E-state index < -0.39 is 0 Å². The Balaban J connectivity index is 1.58. The van der Waals surface area contributed by atoms with Crippen LogP contribution in [0.25, 0.3) is 22.8 Å². The summed E-state index contributed by atoms with van der Waals surface area (Å²) < 4.78 is 0. The van der Waals surface area contributed by atoms with E-state index in [1.807, 2.05) is 24.3 Å². The van der Waals surface area contributed by atoms with Crippen molar-refractivity contribution in [2.75, 3.05) is 13.1 Å². The molecule has 5 heteroatoms. The van der Waals surface area contributed by atoms with Crippen LogP contribution in [0.5, 0.6) is 0 Å². The van der Waals surface area contributed by atoms with Crippen LogP contribution < -0.4 is 0 Å². The molecule has 4 nitrogen and oxygen atoms in total. The monoisotopic (exact) mass is 338 g/mol. The first-order chi connectivity index (χ1) is 11.8. The lowest BCUT2D eigenvalue weighted by Crippen LogP contribution is -2.18. The van der Waals surface area contributed by atoms with E-state index in [1.165, 1.54) is 31.5 Å². The third kappa shape index (κ3) is 3.35. The lowest BCUT2D eigenvalue weighted by atomic mass is 10.1. The van der Waals surface area contributed by atoms with Gasteiger partial charge in [0.2, 0.25) is 0 Å². The quantitative estimate of drug-likeness (QED) is 0.767. The van der Waals surface area contributed by atoms with Gasteiger partial charge >= 0.3 is 0 Å². The molecular formula is C19H19ClN4. The fraction of sp³-hybridized carbons (Fsp3) is 0.263. The maximum absolute atomic E-state index is 6.05. The molecule has 0 aliphatic carbocycles. The summed E-state index contributed by atoms with van der Waals surface area (Å²) in [6.45, 7) is 3.40. The summed E-state index contributed by atoms with van der Waals surface area (Å²) in [7, 11) is 0. The van der Waals surface area contributed by atoms with Gasteiger partial charge in [-0.2, -0.15) is 5.10 Å². The third-order valence-electron chi connectivity index (χ3n) is 4.37. The van der Waals surface area contributed by atoms with Crippen LogP contribution in [-0.2, 0) is 6.54 Å². The van der Waals surface area contributed by atoms with E-state index in [1.54, 1.807) is 0 Å². The maximum Gasteiger partial charge on any atom is 0.181 e. The molecule has 2 heterocycles. The second-order valence-electron chi connectivity index (χ2n) is 6.20. The molecule has 3 aromatic rings. The Morgan fingerprint density at radius 1 is 1.00 bits per heavy atom. The Morgan fingerprint density at radius 2 is 1.79 bits per heavy atom. The molecule has 122 valence electrons. The van der Waals surface area contributed by atoms with Gasteiger partial charge in [-0.1, -0.05) is 41.9 Å². The van der Waals surface area contributed by atoms with Crippen LogP contribution >= 0.6 is 11.6 Å². The van der Waals surface area contributed by atoms with E-state index in [-0.39, 0.29) is 0 Å². The first-order valence-electron chi connectivity index (χ1n) is 8.28. The molecule has 4 rings (SSSR count). The van der Waals surface area contributed by atoms with Gasteiger partial charge in [0.05, 0.1) is 0 Å². The molecule has 0 spiro atoms. The molecule has 0 amide bonds. The number of hydrogen-bond acceptors (Lipinski definition) is 3. The topological polar surface area (TPSA) is 44.8 Å². The van der Waals surface area contributed by atoms with Crippen molar-refractivity contribution in [2.45, 2.75) is 19.4 Å². The molecule has 1 fully saturated rings. The second kappa shape index (κ2) is 6.75. The van der Waals surface area contributed by atoms with E-state index in [0.717, 1.165) is 23.5 Å². The standard InChI is InChI=1S/C19H19ClN4/c20-17-8-4-7-16(12-17)19-21-18(22-23-19)15-6-3-5-14(11-15)13-24-9-1-2-10-24/h3-8,11-12H,1-2,9-10,13H2,(H,21,22,23). The molecule has 1 aliphatic heterocycles. The van der Waals surface area contributed by atoms with E-state index >= 15 is 0 Å². The van der Waals surface area contributed by atoms with Crippen molar-refractivity contribution in [3.05, 3.63) is 59.1 Å². The fourth-order valence-corrected chi connectivity index (χ4v) is 3.35. The molecule has 0 bridgehead atoms. The zero-order valence-electron chi connectivity index (χ0n) is 13.4. The van der Waals surface area contributed by atoms with Crippen LogP contribution in [0.3, 0.4) is 0 Å². The number of hydrogen-bond donors (Lipinski definition) is 1. The van der Waals surface area contributed by atoms with Crippen LogP contribution in [0.4, 0.5) is 0 Å². The number of rotatable bonds is 4. The van der Waals surface area contributed by atoms with Crippen molar-refractivity contribution in [3.8, 4) is 22.8 Å². The van der Waals surface area contributed by atoms with Gasteiger partial charge in [0, 0.05) is 22.7 Å². The minimum atomic E-state index is 0.693. The normalized spacial score (nSPS) is 15.0. The summed E-state index contributed by atoms with van der Waals surface area (Å²) in [6, 6.07) is 16.1. The molecule has 0 radical (unpaired) electrons. The average Bonchev–Trinajstić information content (AvgIpc) is 3.27. The van der Waals surface area contributed by atoms with Crippen molar-refractivity contribution in [2.24, 2.45) is 0 Å². The summed E-state index contributed by atoms with van der Waals surface area (Å²) in [5.41, 5.74) is 3.29.